The van der Waals surface area contributed by atoms with Crippen LogP contribution < -0.4 is 12.4 Å². The molecule has 2 nitrogen and oxygen atoms in total. The van der Waals surface area contributed by atoms with Crippen molar-refractivity contribution in [1.82, 2.24) is 0 Å². The maximum atomic E-state index is 12.8. The number of nitrogens with zero attached hydrogens (tertiary/aromatic N) is 1. The number of carbonyl (C=O) groups is 1. The summed E-state index contributed by atoms with van der Waals surface area (Å²) in [5.74, 6) is -0.399. The monoisotopic (exact) mass is 285 g/mol. The lowest BCUT2D eigenvalue weighted by molar-refractivity contribution is -0.874. The minimum absolute atomic E-state index is 0. The average molecular weight is 286 g/mol. The lowest BCUT2D eigenvalue weighted by Crippen LogP contribution is -3.00. The Kier molecular flexibility index (Phi) is 7.57. The van der Waals surface area contributed by atoms with Gasteiger partial charge in [0.1, 0.15) is 5.82 Å². The zero-order chi connectivity index (χ0) is 13.6. The van der Waals surface area contributed by atoms with Crippen LogP contribution in [0.4, 0.5) is 4.39 Å². The van der Waals surface area contributed by atoms with Crippen LogP contribution in [-0.4, -0.2) is 29.9 Å². The Morgan fingerprint density at radius 3 is 2.00 bits per heavy atom. The highest BCUT2D eigenvalue weighted by Gasteiger charge is 2.17. The molecular weight excluding hydrogens is 265 g/mol. The van der Waals surface area contributed by atoms with Gasteiger partial charge in [-0.1, -0.05) is 0 Å². The molecule has 0 aromatic heterocycles. The number of hydrogen-bond donors (Lipinski definition) is 0. The Bertz CT molecular complexity index is 416. The standard InChI is InChI=1S/C15H21FNO.ClH/c1-4-17(5-2,6-3)12-11-15(18)13-7-9-14(16)10-8-13;/h7-12H,4-6H2,1-3H3;1H/q+1;/p-1. The zero-order valence-corrected chi connectivity index (χ0v) is 12.5. The van der Waals surface area contributed by atoms with E-state index in [0.29, 0.717) is 5.56 Å². The van der Waals surface area contributed by atoms with Gasteiger partial charge in [-0.25, -0.2) is 4.39 Å². The van der Waals surface area contributed by atoms with Crippen molar-refractivity contribution in [2.75, 3.05) is 19.6 Å². The van der Waals surface area contributed by atoms with E-state index in [-0.39, 0.29) is 24.0 Å². The molecule has 0 radical (unpaired) electrons. The van der Waals surface area contributed by atoms with Gasteiger partial charge in [0.05, 0.1) is 25.8 Å². The molecule has 4 heteroatoms. The van der Waals surface area contributed by atoms with E-state index in [1.54, 1.807) is 6.08 Å². The number of rotatable bonds is 6. The van der Waals surface area contributed by atoms with Crippen LogP contribution in [0.5, 0.6) is 0 Å². The van der Waals surface area contributed by atoms with Gasteiger partial charge >= 0.3 is 0 Å². The molecule has 0 bridgehead atoms. The van der Waals surface area contributed by atoms with Crippen molar-refractivity contribution < 1.29 is 26.1 Å². The largest absolute Gasteiger partial charge is 1.00 e. The molecule has 1 aromatic carbocycles. The van der Waals surface area contributed by atoms with Crippen LogP contribution in [0.25, 0.3) is 0 Å². The first kappa shape index (κ1) is 17.8. The van der Waals surface area contributed by atoms with E-state index in [9.17, 15) is 9.18 Å². The second kappa shape index (κ2) is 8.08. The third-order valence-corrected chi connectivity index (χ3v) is 3.56. The molecule has 106 valence electrons. The molecule has 1 aromatic rings. The highest BCUT2D eigenvalue weighted by Crippen LogP contribution is 2.09. The Morgan fingerprint density at radius 1 is 1.11 bits per heavy atom. The topological polar surface area (TPSA) is 17.1 Å². The first-order chi connectivity index (χ1) is 8.56. The van der Waals surface area contributed by atoms with E-state index in [1.807, 2.05) is 6.20 Å². The predicted molar refractivity (Wildman–Crippen MR) is 71.8 cm³/mol. The van der Waals surface area contributed by atoms with Crippen LogP contribution in [-0.2, 0) is 0 Å². The summed E-state index contributed by atoms with van der Waals surface area (Å²) in [5.41, 5.74) is 0.522. The third kappa shape index (κ3) is 4.77. The second-order valence-electron chi connectivity index (χ2n) is 4.35. The van der Waals surface area contributed by atoms with E-state index in [0.717, 1.165) is 24.1 Å². The van der Waals surface area contributed by atoms with Crippen LogP contribution in [0, 0.1) is 5.82 Å². The molecule has 0 aliphatic heterocycles. The molecule has 0 heterocycles. The van der Waals surface area contributed by atoms with E-state index in [1.165, 1.54) is 24.3 Å². The molecule has 1 rings (SSSR count). The molecule has 0 unspecified atom stereocenters. The highest BCUT2D eigenvalue weighted by atomic mass is 35.5. The summed E-state index contributed by atoms with van der Waals surface area (Å²) in [4.78, 5) is 11.9. The van der Waals surface area contributed by atoms with Gasteiger partial charge < -0.3 is 12.4 Å². The normalized spacial score (nSPS) is 11.4. The van der Waals surface area contributed by atoms with Gasteiger partial charge in [0.15, 0.2) is 5.78 Å². The summed E-state index contributed by atoms with van der Waals surface area (Å²) in [6.45, 7) is 9.21. The van der Waals surface area contributed by atoms with Crippen molar-refractivity contribution in [3.05, 3.63) is 47.9 Å². The third-order valence-electron chi connectivity index (χ3n) is 3.56. The molecule has 0 saturated heterocycles. The van der Waals surface area contributed by atoms with E-state index in [4.69, 9.17) is 0 Å². The van der Waals surface area contributed by atoms with Gasteiger partial charge in [-0.05, 0) is 45.0 Å². The Balaban J connectivity index is 0.00000324. The van der Waals surface area contributed by atoms with Crippen molar-refractivity contribution in [3.63, 3.8) is 0 Å². The molecule has 0 spiro atoms. The number of halogens is 2. The number of carbonyl (C=O) groups excluding carboxylic acids is 1. The SMILES string of the molecule is CC[N+](C=CC(=O)c1ccc(F)cc1)(CC)CC.[Cl-]. The van der Waals surface area contributed by atoms with Gasteiger partial charge in [-0.3, -0.25) is 9.28 Å². The lowest BCUT2D eigenvalue weighted by atomic mass is 10.1. The Labute approximate surface area is 120 Å². The van der Waals surface area contributed by atoms with Crippen LogP contribution in [0.3, 0.4) is 0 Å². The van der Waals surface area contributed by atoms with Gasteiger partial charge in [-0.2, -0.15) is 0 Å². The van der Waals surface area contributed by atoms with Crippen molar-refractivity contribution in [2.45, 2.75) is 20.8 Å². The van der Waals surface area contributed by atoms with E-state index < -0.39 is 0 Å². The second-order valence-corrected chi connectivity index (χ2v) is 4.35. The molecule has 0 fully saturated rings. The molecular formula is C15H21ClFNO. The quantitative estimate of drug-likeness (QED) is 0.420. The molecule has 0 aliphatic rings. The maximum absolute atomic E-state index is 12.8. The maximum Gasteiger partial charge on any atom is 0.191 e. The van der Waals surface area contributed by atoms with Gasteiger partial charge in [0, 0.05) is 11.6 Å². The fourth-order valence-electron chi connectivity index (χ4n) is 1.92. The van der Waals surface area contributed by atoms with E-state index >= 15 is 0 Å². The number of ketones is 1. The fraction of sp³-hybridized carbons (Fsp3) is 0.400. The summed E-state index contributed by atoms with van der Waals surface area (Å²) < 4.78 is 13.5. The van der Waals surface area contributed by atoms with Crippen molar-refractivity contribution >= 4 is 5.78 Å². The van der Waals surface area contributed by atoms with Crippen LogP contribution >= 0.6 is 0 Å². The average Bonchev–Trinajstić information content (AvgIpc) is 2.41. The minimum Gasteiger partial charge on any atom is -1.00 e. The molecule has 19 heavy (non-hydrogen) atoms. The molecule has 0 saturated carbocycles. The van der Waals surface area contributed by atoms with Gasteiger partial charge in [0.2, 0.25) is 0 Å². The Morgan fingerprint density at radius 2 is 1.58 bits per heavy atom. The van der Waals surface area contributed by atoms with Gasteiger partial charge in [-0.15, -0.1) is 0 Å². The lowest BCUT2D eigenvalue weighted by Gasteiger charge is -2.31. The fourth-order valence-corrected chi connectivity index (χ4v) is 1.92. The molecule has 0 N–H and O–H groups in total. The smallest absolute Gasteiger partial charge is 0.191 e. The molecule has 0 amide bonds. The van der Waals surface area contributed by atoms with Crippen LogP contribution in [0.2, 0.25) is 0 Å². The predicted octanol–water partition coefficient (Wildman–Crippen LogP) is 0.403. The van der Waals surface area contributed by atoms with Crippen molar-refractivity contribution in [3.8, 4) is 0 Å². The summed E-state index contributed by atoms with van der Waals surface area (Å²) in [6, 6.07) is 5.65. The van der Waals surface area contributed by atoms with Crippen LogP contribution in [0.15, 0.2) is 36.5 Å². The number of allylic oxidation sites excluding steroid dienone is 1. The summed E-state index contributed by atoms with van der Waals surface area (Å²) in [6.07, 6.45) is 3.55. The van der Waals surface area contributed by atoms with Crippen molar-refractivity contribution in [2.24, 2.45) is 0 Å². The number of hydrogen-bond acceptors (Lipinski definition) is 1. The number of benzene rings is 1. The summed E-state index contributed by atoms with van der Waals surface area (Å²) in [7, 11) is 0. The Hall–Kier alpha value is -1.19. The summed E-state index contributed by atoms with van der Waals surface area (Å²) >= 11 is 0. The highest BCUT2D eigenvalue weighted by molar-refractivity contribution is 6.04. The molecule has 0 aliphatic carbocycles. The van der Waals surface area contributed by atoms with Gasteiger partial charge in [0.25, 0.3) is 0 Å². The number of quaternary nitrogens is 1. The molecule has 0 atom stereocenters. The summed E-state index contributed by atoms with van der Waals surface area (Å²) in [5, 5.41) is 0. The zero-order valence-electron chi connectivity index (χ0n) is 11.7. The van der Waals surface area contributed by atoms with Crippen LogP contribution in [0.1, 0.15) is 31.1 Å². The van der Waals surface area contributed by atoms with E-state index in [2.05, 4.69) is 20.8 Å². The first-order valence-corrected chi connectivity index (χ1v) is 6.41. The minimum atomic E-state index is -0.323. The van der Waals surface area contributed by atoms with Crippen molar-refractivity contribution in [1.29, 1.82) is 0 Å². The first-order valence-electron chi connectivity index (χ1n) is 6.41.